The van der Waals surface area contributed by atoms with Crippen LogP contribution in [0.2, 0.25) is 0 Å². The van der Waals surface area contributed by atoms with E-state index >= 15 is 0 Å². The summed E-state index contributed by atoms with van der Waals surface area (Å²) in [4.78, 5) is 109. The Kier molecular flexibility index (Phi) is 20.3. The molecule has 3 rings (SSSR count). The van der Waals surface area contributed by atoms with E-state index < -0.39 is 102 Å². The molecule has 9 atom stereocenters. The molecule has 8 amide bonds. The number of hydrogen-bond acceptors (Lipinski definition) is 11. The van der Waals surface area contributed by atoms with Crippen molar-refractivity contribution in [2.45, 2.75) is 141 Å². The van der Waals surface area contributed by atoms with Crippen molar-refractivity contribution in [2.75, 3.05) is 13.1 Å². The number of carbonyl (C=O) groups excluding carboxylic acids is 8. The molecule has 2 aromatic rings. The Morgan fingerprint density at radius 1 is 0.758 bits per heavy atom. The van der Waals surface area contributed by atoms with Crippen LogP contribution in [0.25, 0.3) is 10.9 Å². The van der Waals surface area contributed by atoms with Crippen molar-refractivity contribution in [3.8, 4) is 0 Å². The number of aliphatic hydroxyl groups is 1. The molecule has 20 nitrogen and oxygen atoms in total. The SMILES string of the molecule is CC[C@H](C)[C@H](NC(=O)[C@H](CCC(N)=O)NC(=O)[C@@H]1CCCN1)C(=O)N[C@H](C(=O)N[C@@H](CC(C)C)C(=O)N[C@@H](Cc1c[nH]c2ccccc12)C(=O)N[C@H](CN)CCC(N)=O)[C@@H](C)O. The predicted molar refractivity (Wildman–Crippen MR) is 231 cm³/mol. The second-order valence-electron chi connectivity index (χ2n) is 16.6. The van der Waals surface area contributed by atoms with Crippen LogP contribution in [0.15, 0.2) is 30.5 Å². The van der Waals surface area contributed by atoms with Crippen molar-refractivity contribution in [1.82, 2.24) is 42.2 Å². The van der Waals surface area contributed by atoms with Gasteiger partial charge in [-0.1, -0.05) is 52.3 Å². The molecule has 0 saturated carbocycles. The summed E-state index contributed by atoms with van der Waals surface area (Å²) in [6, 6.07) is -0.207. The fourth-order valence-electron chi connectivity index (χ4n) is 7.17. The van der Waals surface area contributed by atoms with E-state index in [1.807, 2.05) is 38.1 Å². The van der Waals surface area contributed by atoms with Crippen LogP contribution in [-0.4, -0.2) is 119 Å². The molecule has 0 bridgehead atoms. The highest BCUT2D eigenvalue weighted by atomic mass is 16.3. The number of fused-ring (bicyclic) bond motifs is 1. The molecule has 0 spiro atoms. The largest absolute Gasteiger partial charge is 0.391 e. The number of aromatic amines is 1. The van der Waals surface area contributed by atoms with E-state index in [-0.39, 0.29) is 51.0 Å². The third-order valence-electron chi connectivity index (χ3n) is 11.0. The maximum absolute atomic E-state index is 14.1. The zero-order valence-electron chi connectivity index (χ0n) is 36.4. The van der Waals surface area contributed by atoms with Gasteiger partial charge < -0.3 is 64.5 Å². The van der Waals surface area contributed by atoms with E-state index in [0.29, 0.717) is 19.4 Å². The van der Waals surface area contributed by atoms with Gasteiger partial charge in [-0.2, -0.15) is 0 Å². The molecule has 62 heavy (non-hydrogen) atoms. The average molecular weight is 870 g/mol. The number of primary amides is 2. The Morgan fingerprint density at radius 3 is 1.95 bits per heavy atom. The number of para-hydroxylation sites is 1. The van der Waals surface area contributed by atoms with Gasteiger partial charge in [-0.3, -0.25) is 38.4 Å². The van der Waals surface area contributed by atoms with E-state index in [4.69, 9.17) is 17.2 Å². The zero-order chi connectivity index (χ0) is 46.1. The minimum Gasteiger partial charge on any atom is -0.391 e. The van der Waals surface area contributed by atoms with Crippen LogP contribution in [0.1, 0.15) is 91.5 Å². The molecule has 2 heterocycles. The lowest BCUT2D eigenvalue weighted by Crippen LogP contribution is -2.62. The lowest BCUT2D eigenvalue weighted by atomic mass is 9.96. The summed E-state index contributed by atoms with van der Waals surface area (Å²) < 4.78 is 0. The second kappa shape index (κ2) is 24.7. The first-order valence-corrected chi connectivity index (χ1v) is 21.4. The summed E-state index contributed by atoms with van der Waals surface area (Å²) in [5.74, 6) is -6.13. The molecule has 1 aliphatic heterocycles. The molecule has 1 fully saturated rings. The van der Waals surface area contributed by atoms with Crippen molar-refractivity contribution in [1.29, 1.82) is 0 Å². The highest BCUT2D eigenvalue weighted by Gasteiger charge is 2.37. The van der Waals surface area contributed by atoms with Crippen molar-refractivity contribution >= 4 is 58.2 Å². The van der Waals surface area contributed by atoms with Crippen LogP contribution in [-0.2, 0) is 44.8 Å². The number of hydrogen-bond donors (Lipinski definition) is 12. The standard InChI is InChI=1S/C42H67N11O9/c1-6-23(4)35(52-38(58)30(14-16-34(45)56)49-37(57)29-12-9-17-46-29)41(61)53-36(24(5)54)42(62)51-31(18-22(2)3)40(60)50-32(39(59)48-26(20-43)13-15-33(44)55)19-25-21-47-28-11-8-7-10-27(25)28/h7-8,10-11,21-24,26,29-32,35-36,46-47,54H,6,9,12-20,43H2,1-5H3,(H2,44,55)(H2,45,56)(H,48,59)(H,49,57)(H,50,60)(H,51,62)(H,52,58)(H,53,61)/t23-,24+,26-,29-,30-,31-,32-,35-,36-/m0/s1. The number of nitrogens with two attached hydrogens (primary N) is 3. The molecule has 1 aromatic heterocycles. The van der Waals surface area contributed by atoms with E-state index in [0.717, 1.165) is 22.9 Å². The van der Waals surface area contributed by atoms with Crippen molar-refractivity contribution in [3.63, 3.8) is 0 Å². The van der Waals surface area contributed by atoms with Gasteiger partial charge in [0.25, 0.3) is 0 Å². The van der Waals surface area contributed by atoms with Gasteiger partial charge in [0.15, 0.2) is 0 Å². The number of amides is 8. The minimum absolute atomic E-state index is 0.00258. The topological polar surface area (TPSA) is 335 Å². The van der Waals surface area contributed by atoms with Crippen molar-refractivity contribution < 1.29 is 43.5 Å². The lowest BCUT2D eigenvalue weighted by molar-refractivity contribution is -0.137. The van der Waals surface area contributed by atoms with E-state index in [1.54, 1.807) is 20.0 Å². The molecular formula is C42H67N11O9. The minimum atomic E-state index is -1.60. The van der Waals surface area contributed by atoms with Gasteiger partial charge in [0.1, 0.15) is 30.2 Å². The fraction of sp³-hybridized carbons (Fsp3) is 0.619. The summed E-state index contributed by atoms with van der Waals surface area (Å²) in [7, 11) is 0. The Bertz CT molecular complexity index is 1860. The molecule has 20 heteroatoms. The zero-order valence-corrected chi connectivity index (χ0v) is 36.4. The van der Waals surface area contributed by atoms with E-state index in [1.165, 1.54) is 6.92 Å². The van der Waals surface area contributed by atoms with Crippen LogP contribution in [0.3, 0.4) is 0 Å². The number of H-pyrrole nitrogens is 1. The summed E-state index contributed by atoms with van der Waals surface area (Å²) in [6.45, 7) is 9.03. The van der Waals surface area contributed by atoms with Gasteiger partial charge in [0.2, 0.25) is 47.3 Å². The summed E-state index contributed by atoms with van der Waals surface area (Å²) in [5.41, 5.74) is 18.1. The van der Waals surface area contributed by atoms with Gasteiger partial charge in [-0.25, -0.2) is 0 Å². The Hall–Kier alpha value is -5.60. The lowest BCUT2D eigenvalue weighted by Gasteiger charge is -2.30. The number of benzene rings is 1. The van der Waals surface area contributed by atoms with Gasteiger partial charge in [0, 0.05) is 48.9 Å². The number of carbonyl (C=O) groups is 8. The molecule has 1 aliphatic rings. The number of rotatable bonds is 26. The molecule has 344 valence electrons. The third kappa shape index (κ3) is 15.7. The van der Waals surface area contributed by atoms with Gasteiger partial charge >= 0.3 is 0 Å². The first kappa shape index (κ1) is 50.8. The maximum Gasteiger partial charge on any atom is 0.245 e. The first-order chi connectivity index (χ1) is 29.3. The summed E-state index contributed by atoms with van der Waals surface area (Å²) in [6.07, 6.45) is 1.93. The average Bonchev–Trinajstić information content (AvgIpc) is 3.91. The molecule has 0 aliphatic carbocycles. The summed E-state index contributed by atoms with van der Waals surface area (Å²) >= 11 is 0. The maximum atomic E-state index is 14.1. The van der Waals surface area contributed by atoms with Crippen LogP contribution >= 0.6 is 0 Å². The fourth-order valence-corrected chi connectivity index (χ4v) is 7.17. The second-order valence-corrected chi connectivity index (χ2v) is 16.6. The molecule has 0 radical (unpaired) electrons. The van der Waals surface area contributed by atoms with Crippen LogP contribution < -0.4 is 54.4 Å². The molecule has 1 saturated heterocycles. The normalized spacial score (nSPS) is 17.6. The van der Waals surface area contributed by atoms with Crippen LogP contribution in [0.5, 0.6) is 0 Å². The molecule has 0 unspecified atom stereocenters. The number of aliphatic hydroxyl groups excluding tert-OH is 1. The molecule has 1 aromatic carbocycles. The Balaban J connectivity index is 1.83. The van der Waals surface area contributed by atoms with E-state index in [2.05, 4.69) is 42.2 Å². The molecular weight excluding hydrogens is 803 g/mol. The van der Waals surface area contributed by atoms with Crippen molar-refractivity contribution in [2.24, 2.45) is 29.0 Å². The quantitative estimate of drug-likeness (QED) is 0.0507. The Morgan fingerprint density at radius 2 is 1.35 bits per heavy atom. The highest BCUT2D eigenvalue weighted by Crippen LogP contribution is 2.20. The van der Waals surface area contributed by atoms with Gasteiger partial charge in [-0.15, -0.1) is 0 Å². The highest BCUT2D eigenvalue weighted by molar-refractivity contribution is 5.97. The number of nitrogens with one attached hydrogen (secondary N) is 8. The Labute approximate surface area is 362 Å². The van der Waals surface area contributed by atoms with Gasteiger partial charge in [-0.05, 0) is 69.0 Å². The van der Waals surface area contributed by atoms with Crippen LogP contribution in [0, 0.1) is 11.8 Å². The van der Waals surface area contributed by atoms with Crippen molar-refractivity contribution in [3.05, 3.63) is 36.0 Å². The first-order valence-electron chi connectivity index (χ1n) is 21.4. The van der Waals surface area contributed by atoms with Gasteiger partial charge in [0.05, 0.1) is 12.1 Å². The summed E-state index contributed by atoms with van der Waals surface area (Å²) in [5, 5.41) is 30.8. The smallest absolute Gasteiger partial charge is 0.245 e. The van der Waals surface area contributed by atoms with E-state index in [9.17, 15) is 43.5 Å². The third-order valence-corrected chi connectivity index (χ3v) is 11.0. The monoisotopic (exact) mass is 870 g/mol. The molecule has 15 N–H and O–H groups in total. The van der Waals surface area contributed by atoms with Crippen LogP contribution in [0.4, 0.5) is 0 Å². The number of aromatic nitrogens is 1. The predicted octanol–water partition coefficient (Wildman–Crippen LogP) is -1.67.